The lowest BCUT2D eigenvalue weighted by molar-refractivity contribution is 1.42. The van der Waals surface area contributed by atoms with E-state index in [-0.39, 0.29) is 5.02 Å². The maximum absolute atomic E-state index is 10.0. The molecule has 0 aromatic heterocycles. The first-order valence-electron chi connectivity index (χ1n) is 1.67. The molecule has 0 aliphatic heterocycles. The van der Waals surface area contributed by atoms with Crippen LogP contribution in [0.15, 0.2) is 15.7 Å². The van der Waals surface area contributed by atoms with Crippen molar-refractivity contribution in [3.05, 3.63) is 31.5 Å². The molecule has 0 saturated carbocycles. The Morgan fingerprint density at radius 1 is 1.43 bits per heavy atom. The molecule has 2 nitrogen and oxygen atoms in total. The highest BCUT2D eigenvalue weighted by Crippen LogP contribution is 1.93. The Morgan fingerprint density at radius 3 is 2.00 bits per heavy atom. The Morgan fingerprint density at radius 2 is 2.00 bits per heavy atom. The topological polar surface area (TPSA) is 34.1 Å². The molecule has 0 aliphatic rings. The maximum atomic E-state index is 10.0. The third-order valence-electron chi connectivity index (χ3n) is 0.699. The zero-order valence-electron chi connectivity index (χ0n) is 3.27. The normalized spacial score (nSPS) is 9.86. The van der Waals surface area contributed by atoms with Crippen LogP contribution in [0.1, 0.15) is 0 Å². The van der Waals surface area contributed by atoms with Crippen molar-refractivity contribution in [3.8, 4) is 0 Å². The van der Waals surface area contributed by atoms with Crippen LogP contribution in [0.4, 0.5) is 0 Å². The minimum Gasteiger partial charge on any atom is -0.285 e. The third kappa shape index (κ3) is 0.472. The summed E-state index contributed by atoms with van der Waals surface area (Å²) in [6, 6.07) is 1.10. The zero-order valence-corrected chi connectivity index (χ0v) is 4.03. The van der Waals surface area contributed by atoms with Crippen LogP contribution in [0.5, 0.6) is 0 Å². The Labute approximate surface area is 44.0 Å². The minimum absolute atomic E-state index is 0.0463. The van der Waals surface area contributed by atoms with Crippen molar-refractivity contribution in [2.45, 2.75) is 0 Å². The second-order valence-electron chi connectivity index (χ2n) is 1.19. The van der Waals surface area contributed by atoms with Gasteiger partial charge < -0.3 is 0 Å². The van der Waals surface area contributed by atoms with E-state index < -0.39 is 10.9 Å². The van der Waals surface area contributed by atoms with Gasteiger partial charge in [-0.25, -0.2) is 0 Å². The van der Waals surface area contributed by atoms with Crippen LogP contribution in [-0.4, -0.2) is 0 Å². The predicted octanol–water partition coefficient (Wildman–Crippen LogP) is -0.0640. The third-order valence-corrected chi connectivity index (χ3v) is 0.979. The van der Waals surface area contributed by atoms with Crippen LogP contribution in [0, 0.1) is 0 Å². The van der Waals surface area contributed by atoms with Crippen LogP contribution in [0.2, 0.25) is 5.02 Å². The van der Waals surface area contributed by atoms with Gasteiger partial charge in [-0.05, 0) is 0 Å². The molecule has 1 rings (SSSR count). The summed E-state index contributed by atoms with van der Waals surface area (Å²) >= 11 is 5.09. The molecule has 0 saturated heterocycles. The van der Waals surface area contributed by atoms with Crippen molar-refractivity contribution in [3.63, 3.8) is 0 Å². The molecule has 0 heterocycles. The lowest BCUT2D eigenvalue weighted by atomic mass is 10.3. The van der Waals surface area contributed by atoms with Gasteiger partial charge in [0, 0.05) is 6.07 Å². The lowest BCUT2D eigenvalue weighted by Gasteiger charge is -1.81. The molecule has 36 valence electrons. The van der Waals surface area contributed by atoms with Gasteiger partial charge in [-0.3, -0.25) is 9.59 Å². The molecule has 0 N–H and O–H groups in total. The molecule has 0 aliphatic carbocycles. The average molecular weight is 117 g/mol. The second kappa shape index (κ2) is 1.17. The molecule has 0 bridgehead atoms. The Kier molecular flexibility index (Phi) is 0.755. The first kappa shape index (κ1) is 4.53. The van der Waals surface area contributed by atoms with Crippen molar-refractivity contribution in [2.24, 2.45) is 0 Å². The van der Waals surface area contributed by atoms with E-state index in [0.29, 0.717) is 0 Å². The number of hydrogen-bond acceptors (Lipinski definition) is 2. The van der Waals surface area contributed by atoms with Gasteiger partial charge >= 0.3 is 0 Å². The van der Waals surface area contributed by atoms with Crippen LogP contribution >= 0.6 is 11.6 Å². The molecule has 0 spiro atoms. The highest BCUT2D eigenvalue weighted by molar-refractivity contribution is 6.31. The van der Waals surface area contributed by atoms with E-state index in [1.807, 2.05) is 0 Å². The molecule has 7 heavy (non-hydrogen) atoms. The Balaban J connectivity index is 3.44. The lowest BCUT2D eigenvalue weighted by Crippen LogP contribution is -2.28. The van der Waals surface area contributed by atoms with Crippen LogP contribution in [0.3, 0.4) is 0 Å². The van der Waals surface area contributed by atoms with Gasteiger partial charge in [-0.1, -0.05) is 11.6 Å². The first-order valence-corrected chi connectivity index (χ1v) is 2.05. The van der Waals surface area contributed by atoms with Gasteiger partial charge in [-0.15, -0.1) is 0 Å². The van der Waals surface area contributed by atoms with Crippen LogP contribution < -0.4 is 10.9 Å². The van der Waals surface area contributed by atoms with E-state index in [1.54, 1.807) is 0 Å². The average Bonchev–Trinajstić information content (AvgIpc) is 1.68. The summed E-state index contributed by atoms with van der Waals surface area (Å²) in [6.45, 7) is 0. The van der Waals surface area contributed by atoms with E-state index in [2.05, 4.69) is 0 Å². The molecule has 0 atom stereocenters. The SMILES string of the molecule is O=c1cc(Cl)c1=O. The largest absolute Gasteiger partial charge is 0.285 e. The molecule has 0 radical (unpaired) electrons. The number of hydrogen-bond donors (Lipinski definition) is 0. The Hall–Kier alpha value is -0.630. The molecule has 0 amide bonds. The van der Waals surface area contributed by atoms with Crippen LogP contribution in [-0.2, 0) is 0 Å². The van der Waals surface area contributed by atoms with Crippen molar-refractivity contribution in [1.82, 2.24) is 0 Å². The van der Waals surface area contributed by atoms with Crippen LogP contribution in [0.25, 0.3) is 0 Å². The smallest absolute Gasteiger partial charge is 0.244 e. The van der Waals surface area contributed by atoms with Gasteiger partial charge in [0.2, 0.25) is 10.9 Å². The molecular formula is C4HClO2. The zero-order chi connectivity index (χ0) is 5.44. The maximum Gasteiger partial charge on any atom is 0.244 e. The second-order valence-corrected chi connectivity index (χ2v) is 1.59. The van der Waals surface area contributed by atoms with Gasteiger partial charge in [0.25, 0.3) is 0 Å². The van der Waals surface area contributed by atoms with Gasteiger partial charge in [0.15, 0.2) is 0 Å². The summed E-state index contributed by atoms with van der Waals surface area (Å²) < 4.78 is 0. The highest BCUT2D eigenvalue weighted by Gasteiger charge is 2.03. The number of halogens is 1. The molecule has 0 unspecified atom stereocenters. The highest BCUT2D eigenvalue weighted by atomic mass is 35.5. The fourth-order valence-corrected chi connectivity index (χ4v) is 0.478. The van der Waals surface area contributed by atoms with E-state index in [9.17, 15) is 9.59 Å². The van der Waals surface area contributed by atoms with Crippen molar-refractivity contribution >= 4 is 11.6 Å². The quantitative estimate of drug-likeness (QED) is 0.445. The molecule has 3 heteroatoms. The summed E-state index contributed by atoms with van der Waals surface area (Å²) in [5.74, 6) is 0. The van der Waals surface area contributed by atoms with E-state index in [1.165, 1.54) is 0 Å². The van der Waals surface area contributed by atoms with Gasteiger partial charge in [0.1, 0.15) is 0 Å². The molecule has 0 fully saturated rings. The van der Waals surface area contributed by atoms with E-state index in [4.69, 9.17) is 11.6 Å². The molecule has 1 aromatic rings. The van der Waals surface area contributed by atoms with E-state index >= 15 is 0 Å². The summed E-state index contributed by atoms with van der Waals surface area (Å²) in [5, 5.41) is 0.0463. The Bertz CT molecular complexity index is 243. The van der Waals surface area contributed by atoms with Crippen molar-refractivity contribution < 1.29 is 0 Å². The molecular weight excluding hydrogens is 115 g/mol. The fourth-order valence-electron chi connectivity index (χ4n) is 0.286. The summed E-state index contributed by atoms with van der Waals surface area (Å²) in [6.07, 6.45) is 0. The minimum atomic E-state index is -0.568. The van der Waals surface area contributed by atoms with Crippen molar-refractivity contribution in [1.29, 1.82) is 0 Å². The van der Waals surface area contributed by atoms with E-state index in [0.717, 1.165) is 6.07 Å². The standard InChI is InChI=1S/C4HClO2/c5-2-1-3(6)4(2)7/h1H. The first-order chi connectivity index (χ1) is 3.22. The number of rotatable bonds is 0. The van der Waals surface area contributed by atoms with Gasteiger partial charge in [0.05, 0.1) is 5.02 Å². The summed E-state index contributed by atoms with van der Waals surface area (Å²) in [5.41, 5.74) is -1.06. The van der Waals surface area contributed by atoms with Gasteiger partial charge in [-0.2, -0.15) is 0 Å². The summed E-state index contributed by atoms with van der Waals surface area (Å²) in [7, 11) is 0. The monoisotopic (exact) mass is 116 g/mol. The fraction of sp³-hybridized carbons (Fsp3) is 0. The predicted molar refractivity (Wildman–Crippen MR) is 26.4 cm³/mol. The molecule has 1 aromatic carbocycles. The summed E-state index contributed by atoms with van der Waals surface area (Å²) in [4.78, 5) is 19.9. The van der Waals surface area contributed by atoms with Crippen molar-refractivity contribution in [2.75, 3.05) is 0 Å².